The maximum Gasteiger partial charge on any atom is 0.264 e. The smallest absolute Gasteiger partial charge is 0.264 e. The highest BCUT2D eigenvalue weighted by Crippen LogP contribution is 2.27. The lowest BCUT2D eigenvalue weighted by atomic mass is 10.2. The van der Waals surface area contributed by atoms with Crippen molar-refractivity contribution in [1.82, 2.24) is 5.32 Å². The van der Waals surface area contributed by atoms with E-state index >= 15 is 0 Å². The van der Waals surface area contributed by atoms with Crippen molar-refractivity contribution in [2.45, 2.75) is 35.0 Å². The van der Waals surface area contributed by atoms with E-state index in [9.17, 15) is 13.2 Å². The van der Waals surface area contributed by atoms with Gasteiger partial charge in [0.2, 0.25) is 5.91 Å². The Morgan fingerprint density at radius 3 is 2.19 bits per heavy atom. The van der Waals surface area contributed by atoms with E-state index < -0.39 is 10.0 Å². The Bertz CT molecular complexity index is 1210. The average Bonchev–Trinajstić information content (AvgIpc) is 2.89. The van der Waals surface area contributed by atoms with Crippen LogP contribution in [-0.2, 0) is 14.8 Å². The minimum absolute atomic E-state index is 0.136. The highest BCUT2D eigenvalue weighted by Gasteiger charge is 2.27. The first-order valence-corrected chi connectivity index (χ1v) is 15.3. The predicted molar refractivity (Wildman–Crippen MR) is 150 cm³/mol. The van der Waals surface area contributed by atoms with Crippen LogP contribution in [-0.4, -0.2) is 46.0 Å². The van der Waals surface area contributed by atoms with Crippen molar-refractivity contribution in [3.8, 4) is 5.75 Å². The number of benzene rings is 3. The lowest BCUT2D eigenvalue weighted by Crippen LogP contribution is -2.41. The normalized spacial score (nSPS) is 11.2. The zero-order valence-electron chi connectivity index (χ0n) is 20.8. The van der Waals surface area contributed by atoms with Gasteiger partial charge in [0, 0.05) is 16.3 Å². The van der Waals surface area contributed by atoms with Crippen molar-refractivity contribution in [3.63, 3.8) is 0 Å². The van der Waals surface area contributed by atoms with Crippen LogP contribution in [0.25, 0.3) is 0 Å². The average molecular weight is 545 g/mol. The summed E-state index contributed by atoms with van der Waals surface area (Å²) < 4.78 is 33.7. The van der Waals surface area contributed by atoms with Crippen LogP contribution in [0.1, 0.15) is 18.9 Å². The van der Waals surface area contributed by atoms with E-state index in [4.69, 9.17) is 4.74 Å². The van der Waals surface area contributed by atoms with Crippen LogP contribution >= 0.6 is 23.5 Å². The van der Waals surface area contributed by atoms with Crippen molar-refractivity contribution in [2.24, 2.45) is 0 Å². The van der Waals surface area contributed by atoms with Gasteiger partial charge in [-0.25, -0.2) is 8.42 Å². The molecule has 1 N–H and O–H groups in total. The third-order valence-electron chi connectivity index (χ3n) is 5.30. The summed E-state index contributed by atoms with van der Waals surface area (Å²) in [6.45, 7) is 4.60. The number of anilines is 1. The number of amides is 1. The molecule has 0 heterocycles. The van der Waals surface area contributed by atoms with Gasteiger partial charge in [0.1, 0.15) is 12.3 Å². The molecule has 3 aromatic rings. The minimum Gasteiger partial charge on any atom is -0.494 e. The van der Waals surface area contributed by atoms with Crippen molar-refractivity contribution in [1.29, 1.82) is 0 Å². The number of thioether (sulfide) groups is 2. The van der Waals surface area contributed by atoms with Crippen molar-refractivity contribution in [3.05, 3.63) is 78.4 Å². The van der Waals surface area contributed by atoms with Gasteiger partial charge in [0.25, 0.3) is 10.0 Å². The molecule has 0 aliphatic rings. The van der Waals surface area contributed by atoms with Crippen molar-refractivity contribution >= 4 is 45.1 Å². The molecular formula is C27H32N2O4S3. The number of nitrogens with one attached hydrogen (secondary N) is 1. The standard InChI is InChI=1S/C27H32N2O4S3/c1-4-33-23-10-8-22(9-11-23)29(36(31,32)26-16-14-24(34-3)15-17-26)20-27(30)28-18-5-19-35-25-12-6-21(2)7-13-25/h6-17H,4-5,18-20H2,1-3H3,(H,28,30). The largest absolute Gasteiger partial charge is 0.494 e. The van der Waals surface area contributed by atoms with E-state index in [2.05, 4.69) is 36.5 Å². The molecule has 1 amide bonds. The molecule has 3 rings (SSSR count). The van der Waals surface area contributed by atoms with Gasteiger partial charge < -0.3 is 10.1 Å². The summed E-state index contributed by atoms with van der Waals surface area (Å²) in [7, 11) is -3.96. The second-order valence-electron chi connectivity index (χ2n) is 7.98. The maximum absolute atomic E-state index is 13.5. The number of rotatable bonds is 13. The second-order valence-corrected chi connectivity index (χ2v) is 11.9. The zero-order valence-corrected chi connectivity index (χ0v) is 23.2. The van der Waals surface area contributed by atoms with E-state index in [1.807, 2.05) is 13.2 Å². The predicted octanol–water partition coefficient (Wildman–Crippen LogP) is 5.61. The molecule has 9 heteroatoms. The molecular weight excluding hydrogens is 513 g/mol. The molecule has 192 valence electrons. The molecule has 0 atom stereocenters. The highest BCUT2D eigenvalue weighted by atomic mass is 32.2. The number of hydrogen-bond donors (Lipinski definition) is 1. The summed E-state index contributed by atoms with van der Waals surface area (Å²) in [5.74, 6) is 1.14. The number of hydrogen-bond acceptors (Lipinski definition) is 6. The third kappa shape index (κ3) is 7.94. The monoisotopic (exact) mass is 544 g/mol. The molecule has 0 saturated carbocycles. The molecule has 0 aliphatic heterocycles. The number of sulfonamides is 1. The number of ether oxygens (including phenoxy) is 1. The van der Waals surface area contributed by atoms with E-state index in [0.717, 1.165) is 21.4 Å². The quantitative estimate of drug-likeness (QED) is 0.223. The zero-order chi connectivity index (χ0) is 26.0. The van der Waals surface area contributed by atoms with Gasteiger partial charge in [-0.05, 0) is 92.9 Å². The Morgan fingerprint density at radius 2 is 1.58 bits per heavy atom. The SMILES string of the molecule is CCOc1ccc(N(CC(=O)NCCCSc2ccc(C)cc2)S(=O)(=O)c2ccc(SC)cc2)cc1. The summed E-state index contributed by atoms with van der Waals surface area (Å²) in [6.07, 6.45) is 2.70. The van der Waals surface area contributed by atoms with Gasteiger partial charge in [0.15, 0.2) is 0 Å². The lowest BCUT2D eigenvalue weighted by Gasteiger charge is -2.24. The first-order valence-electron chi connectivity index (χ1n) is 11.7. The van der Waals surface area contributed by atoms with Gasteiger partial charge in [-0.1, -0.05) is 17.7 Å². The number of aryl methyl sites for hydroxylation is 1. The van der Waals surface area contributed by atoms with Crippen molar-refractivity contribution < 1.29 is 17.9 Å². The first kappa shape index (κ1) is 28.0. The second kappa shape index (κ2) is 13.6. The summed E-state index contributed by atoms with van der Waals surface area (Å²) in [5, 5.41) is 2.87. The van der Waals surface area contributed by atoms with E-state index in [0.29, 0.717) is 24.6 Å². The summed E-state index contributed by atoms with van der Waals surface area (Å²) >= 11 is 3.26. The molecule has 0 aromatic heterocycles. The van der Waals surface area contributed by atoms with Gasteiger partial charge >= 0.3 is 0 Å². The van der Waals surface area contributed by atoms with E-state index in [1.165, 1.54) is 22.2 Å². The van der Waals surface area contributed by atoms with E-state index in [1.54, 1.807) is 60.3 Å². The van der Waals surface area contributed by atoms with Gasteiger partial charge in [-0.2, -0.15) is 0 Å². The van der Waals surface area contributed by atoms with Gasteiger partial charge in [-0.15, -0.1) is 23.5 Å². The number of carbonyl (C=O) groups is 1. The highest BCUT2D eigenvalue weighted by molar-refractivity contribution is 7.99. The Kier molecular flexibility index (Phi) is 10.6. The number of nitrogens with zero attached hydrogens (tertiary/aromatic N) is 1. The van der Waals surface area contributed by atoms with E-state index in [-0.39, 0.29) is 17.3 Å². The Morgan fingerprint density at radius 1 is 0.944 bits per heavy atom. The lowest BCUT2D eigenvalue weighted by molar-refractivity contribution is -0.119. The summed E-state index contributed by atoms with van der Waals surface area (Å²) in [5.41, 5.74) is 1.62. The molecule has 0 radical (unpaired) electrons. The fourth-order valence-corrected chi connectivity index (χ4v) is 6.06. The molecule has 36 heavy (non-hydrogen) atoms. The fraction of sp³-hybridized carbons (Fsp3) is 0.296. The van der Waals surface area contributed by atoms with Crippen LogP contribution in [0.5, 0.6) is 5.75 Å². The van der Waals surface area contributed by atoms with Gasteiger partial charge in [-0.3, -0.25) is 9.10 Å². The van der Waals surface area contributed by atoms with Crippen molar-refractivity contribution in [2.75, 3.05) is 36.0 Å². The van der Waals surface area contributed by atoms with Crippen LogP contribution in [0, 0.1) is 6.92 Å². The fourth-order valence-electron chi connectivity index (χ4n) is 3.38. The molecule has 0 unspecified atom stereocenters. The van der Waals surface area contributed by atoms with Crippen LogP contribution in [0.2, 0.25) is 0 Å². The Balaban J connectivity index is 1.67. The molecule has 0 bridgehead atoms. The van der Waals surface area contributed by atoms with Crippen LogP contribution in [0.3, 0.4) is 0 Å². The summed E-state index contributed by atoms with van der Waals surface area (Å²) in [4.78, 5) is 15.1. The molecule has 3 aromatic carbocycles. The topological polar surface area (TPSA) is 75.7 Å². The minimum atomic E-state index is -3.96. The Labute approximate surface area is 222 Å². The maximum atomic E-state index is 13.5. The molecule has 0 spiro atoms. The molecule has 0 aliphatic carbocycles. The Hall–Kier alpha value is -2.62. The molecule has 6 nitrogen and oxygen atoms in total. The number of carbonyl (C=O) groups excluding carboxylic acids is 1. The van der Waals surface area contributed by atoms with Gasteiger partial charge in [0.05, 0.1) is 17.2 Å². The first-order chi connectivity index (χ1) is 17.3. The summed E-state index contributed by atoms with van der Waals surface area (Å²) in [6, 6.07) is 21.7. The molecule has 0 saturated heterocycles. The van der Waals surface area contributed by atoms with Crippen LogP contribution in [0.15, 0.2) is 87.5 Å². The van der Waals surface area contributed by atoms with Crippen LogP contribution < -0.4 is 14.4 Å². The third-order valence-corrected chi connectivity index (χ3v) is 8.93. The van der Waals surface area contributed by atoms with Crippen LogP contribution in [0.4, 0.5) is 5.69 Å². The molecule has 0 fully saturated rings.